The molecular formula is C26H25N5O. The Bertz CT molecular complexity index is 1280. The normalized spacial score (nSPS) is 14.0. The average Bonchev–Trinajstić information content (AvgIpc) is 2.83. The van der Waals surface area contributed by atoms with E-state index < -0.39 is 0 Å². The van der Waals surface area contributed by atoms with Gasteiger partial charge in [0, 0.05) is 56.6 Å². The Morgan fingerprint density at radius 2 is 1.50 bits per heavy atom. The van der Waals surface area contributed by atoms with Crippen LogP contribution in [0.3, 0.4) is 0 Å². The molecule has 1 amide bonds. The monoisotopic (exact) mass is 423 g/mol. The number of piperazine rings is 1. The smallest absolute Gasteiger partial charge is 0.219 e. The summed E-state index contributed by atoms with van der Waals surface area (Å²) in [6, 6.07) is 20.9. The summed E-state index contributed by atoms with van der Waals surface area (Å²) in [5, 5.41) is 1.10. The zero-order chi connectivity index (χ0) is 22.1. The molecule has 0 saturated carbocycles. The maximum absolute atomic E-state index is 11.6. The summed E-state index contributed by atoms with van der Waals surface area (Å²) >= 11 is 0. The SMILES string of the molecule is CC(=O)N1CCN(c2ccc(-c3ccnc4ccc(-c5ccnc(N)c5)cc34)cc2)CC1. The first-order chi connectivity index (χ1) is 15.6. The molecule has 1 saturated heterocycles. The molecule has 3 heterocycles. The molecule has 1 fully saturated rings. The van der Waals surface area contributed by atoms with Crippen LogP contribution < -0.4 is 10.6 Å². The molecule has 2 N–H and O–H groups in total. The molecule has 0 unspecified atom stereocenters. The lowest BCUT2D eigenvalue weighted by atomic mass is 9.97. The highest BCUT2D eigenvalue weighted by molar-refractivity contribution is 5.97. The molecule has 32 heavy (non-hydrogen) atoms. The second kappa shape index (κ2) is 8.30. The minimum Gasteiger partial charge on any atom is -0.384 e. The Kier molecular flexibility index (Phi) is 5.19. The van der Waals surface area contributed by atoms with E-state index in [1.807, 2.05) is 29.3 Å². The molecule has 2 aromatic carbocycles. The number of fused-ring (bicyclic) bond motifs is 1. The van der Waals surface area contributed by atoms with Gasteiger partial charge in [0.25, 0.3) is 0 Å². The molecule has 0 atom stereocenters. The predicted octanol–water partition coefficient (Wildman–Crippen LogP) is 4.21. The van der Waals surface area contributed by atoms with Crippen LogP contribution in [0, 0.1) is 0 Å². The molecule has 6 nitrogen and oxygen atoms in total. The molecule has 5 rings (SSSR count). The summed E-state index contributed by atoms with van der Waals surface area (Å²) < 4.78 is 0. The minimum atomic E-state index is 0.151. The standard InChI is InChI=1S/C26H25N5O/c1-18(32)30-12-14-31(15-13-30)22-5-2-19(3-6-22)23-9-11-28-25-7-4-20(16-24(23)25)21-8-10-29-26(27)17-21/h2-11,16-17H,12-15H2,1H3,(H2,27,29). The average molecular weight is 424 g/mol. The van der Waals surface area contributed by atoms with Crippen LogP contribution in [-0.4, -0.2) is 47.0 Å². The summed E-state index contributed by atoms with van der Waals surface area (Å²) in [7, 11) is 0. The maximum atomic E-state index is 11.6. The maximum Gasteiger partial charge on any atom is 0.219 e. The highest BCUT2D eigenvalue weighted by atomic mass is 16.2. The van der Waals surface area contributed by atoms with E-state index in [2.05, 4.69) is 57.3 Å². The minimum absolute atomic E-state index is 0.151. The second-order valence-electron chi connectivity index (χ2n) is 8.10. The van der Waals surface area contributed by atoms with Gasteiger partial charge in [-0.25, -0.2) is 4.98 Å². The largest absolute Gasteiger partial charge is 0.384 e. The van der Waals surface area contributed by atoms with Crippen molar-refractivity contribution >= 4 is 28.3 Å². The van der Waals surface area contributed by atoms with E-state index in [9.17, 15) is 4.79 Å². The molecule has 1 aliphatic rings. The van der Waals surface area contributed by atoms with E-state index in [-0.39, 0.29) is 5.91 Å². The number of nitrogens with two attached hydrogens (primary N) is 1. The van der Waals surface area contributed by atoms with E-state index >= 15 is 0 Å². The first-order valence-electron chi connectivity index (χ1n) is 10.8. The van der Waals surface area contributed by atoms with Crippen molar-refractivity contribution in [3.63, 3.8) is 0 Å². The molecule has 0 aliphatic carbocycles. The molecule has 2 aromatic heterocycles. The lowest BCUT2D eigenvalue weighted by molar-refractivity contribution is -0.129. The Morgan fingerprint density at radius 3 is 2.22 bits per heavy atom. The van der Waals surface area contributed by atoms with Gasteiger partial charge in [0.05, 0.1) is 5.52 Å². The number of nitrogen functional groups attached to an aromatic ring is 1. The Balaban J connectivity index is 1.45. The zero-order valence-electron chi connectivity index (χ0n) is 18.0. The van der Waals surface area contributed by atoms with E-state index in [0.29, 0.717) is 5.82 Å². The molecule has 0 bridgehead atoms. The number of hydrogen-bond donors (Lipinski definition) is 1. The summed E-state index contributed by atoms with van der Waals surface area (Å²) in [4.78, 5) is 24.5. The molecular weight excluding hydrogens is 398 g/mol. The first kappa shape index (κ1) is 20.0. The van der Waals surface area contributed by atoms with Gasteiger partial charge in [-0.2, -0.15) is 0 Å². The number of hydrogen-bond acceptors (Lipinski definition) is 5. The van der Waals surface area contributed by atoms with Gasteiger partial charge in [0.1, 0.15) is 5.82 Å². The van der Waals surface area contributed by atoms with Crippen molar-refractivity contribution in [3.05, 3.63) is 73.1 Å². The number of aromatic nitrogens is 2. The van der Waals surface area contributed by atoms with Crippen molar-refractivity contribution < 1.29 is 4.79 Å². The molecule has 6 heteroatoms. The lowest BCUT2D eigenvalue weighted by Crippen LogP contribution is -2.48. The second-order valence-corrected chi connectivity index (χ2v) is 8.10. The van der Waals surface area contributed by atoms with Gasteiger partial charge in [0.15, 0.2) is 0 Å². The Labute approximate surface area is 187 Å². The van der Waals surface area contributed by atoms with Crippen molar-refractivity contribution in [1.29, 1.82) is 0 Å². The van der Waals surface area contributed by atoms with Gasteiger partial charge >= 0.3 is 0 Å². The fourth-order valence-electron chi connectivity index (χ4n) is 4.34. The summed E-state index contributed by atoms with van der Waals surface area (Å²) in [6.45, 7) is 4.90. The summed E-state index contributed by atoms with van der Waals surface area (Å²) in [5.41, 5.74) is 12.4. The van der Waals surface area contributed by atoms with Crippen molar-refractivity contribution in [2.24, 2.45) is 0 Å². The number of pyridine rings is 2. The third-order valence-corrected chi connectivity index (χ3v) is 6.12. The highest BCUT2D eigenvalue weighted by Crippen LogP contribution is 2.32. The van der Waals surface area contributed by atoms with Crippen molar-refractivity contribution in [1.82, 2.24) is 14.9 Å². The number of carbonyl (C=O) groups excluding carboxylic acids is 1. The molecule has 1 aliphatic heterocycles. The van der Waals surface area contributed by atoms with E-state index in [1.54, 1.807) is 13.1 Å². The number of carbonyl (C=O) groups is 1. The van der Waals surface area contributed by atoms with Crippen LogP contribution in [0.2, 0.25) is 0 Å². The fourth-order valence-corrected chi connectivity index (χ4v) is 4.34. The van der Waals surface area contributed by atoms with Gasteiger partial charge in [0.2, 0.25) is 5.91 Å². The number of anilines is 2. The molecule has 4 aromatic rings. The van der Waals surface area contributed by atoms with Crippen LogP contribution in [0.1, 0.15) is 6.92 Å². The van der Waals surface area contributed by atoms with Crippen molar-refractivity contribution in [2.75, 3.05) is 36.8 Å². The van der Waals surface area contributed by atoms with Crippen LogP contribution in [0.25, 0.3) is 33.2 Å². The lowest BCUT2D eigenvalue weighted by Gasteiger charge is -2.35. The van der Waals surface area contributed by atoms with E-state index in [0.717, 1.165) is 59.3 Å². The van der Waals surface area contributed by atoms with Crippen LogP contribution in [0.5, 0.6) is 0 Å². The van der Waals surface area contributed by atoms with E-state index in [1.165, 1.54) is 5.69 Å². The molecule has 0 radical (unpaired) electrons. The first-order valence-corrected chi connectivity index (χ1v) is 10.8. The third kappa shape index (κ3) is 3.87. The fraction of sp³-hybridized carbons (Fsp3) is 0.192. The Hall–Kier alpha value is -3.93. The Morgan fingerprint density at radius 1 is 0.812 bits per heavy atom. The number of nitrogens with zero attached hydrogens (tertiary/aromatic N) is 4. The van der Waals surface area contributed by atoms with Gasteiger partial charge in [-0.1, -0.05) is 18.2 Å². The quantitative estimate of drug-likeness (QED) is 0.534. The third-order valence-electron chi connectivity index (χ3n) is 6.12. The van der Waals surface area contributed by atoms with Crippen molar-refractivity contribution in [2.45, 2.75) is 6.92 Å². The van der Waals surface area contributed by atoms with Crippen molar-refractivity contribution in [3.8, 4) is 22.3 Å². The number of rotatable bonds is 3. The van der Waals surface area contributed by atoms with Crippen LogP contribution in [0.15, 0.2) is 73.1 Å². The van der Waals surface area contributed by atoms with Gasteiger partial charge < -0.3 is 15.5 Å². The topological polar surface area (TPSA) is 75.4 Å². The summed E-state index contributed by atoms with van der Waals surface area (Å²) in [5.74, 6) is 0.659. The van der Waals surface area contributed by atoms with E-state index in [4.69, 9.17) is 5.73 Å². The van der Waals surface area contributed by atoms with Gasteiger partial charge in [-0.15, -0.1) is 0 Å². The van der Waals surface area contributed by atoms with Crippen LogP contribution >= 0.6 is 0 Å². The molecule has 0 spiro atoms. The predicted molar refractivity (Wildman–Crippen MR) is 129 cm³/mol. The highest BCUT2D eigenvalue weighted by Gasteiger charge is 2.18. The van der Waals surface area contributed by atoms with Crippen LogP contribution in [0.4, 0.5) is 11.5 Å². The van der Waals surface area contributed by atoms with Crippen LogP contribution in [-0.2, 0) is 4.79 Å². The van der Waals surface area contributed by atoms with Gasteiger partial charge in [-0.05, 0) is 64.7 Å². The summed E-state index contributed by atoms with van der Waals surface area (Å²) in [6.07, 6.45) is 3.59. The number of benzene rings is 2. The zero-order valence-corrected chi connectivity index (χ0v) is 18.0. The number of amides is 1. The van der Waals surface area contributed by atoms with Gasteiger partial charge in [-0.3, -0.25) is 9.78 Å². The molecule has 160 valence electrons.